The molecule has 2 aromatic rings. The Morgan fingerprint density at radius 1 is 1.04 bits per heavy atom. The van der Waals surface area contributed by atoms with Crippen LogP contribution in [0.5, 0.6) is 0 Å². The SMILES string of the molecule is CCCCCCN1C(=O)c2cccc3cc([N+](=O)[O-])cc(c23)C1=O. The summed E-state index contributed by atoms with van der Waals surface area (Å²) in [5, 5.41) is 12.2. The Morgan fingerprint density at radius 2 is 1.79 bits per heavy atom. The lowest BCUT2D eigenvalue weighted by atomic mass is 9.93. The van der Waals surface area contributed by atoms with Gasteiger partial charge >= 0.3 is 0 Å². The van der Waals surface area contributed by atoms with Gasteiger partial charge in [0, 0.05) is 29.6 Å². The predicted molar refractivity (Wildman–Crippen MR) is 90.1 cm³/mol. The van der Waals surface area contributed by atoms with Gasteiger partial charge in [-0.05, 0) is 17.9 Å². The second-order valence-corrected chi connectivity index (χ2v) is 5.98. The highest BCUT2D eigenvalue weighted by atomic mass is 16.6. The van der Waals surface area contributed by atoms with Crippen molar-refractivity contribution < 1.29 is 14.5 Å². The maximum Gasteiger partial charge on any atom is 0.270 e. The van der Waals surface area contributed by atoms with Crippen molar-refractivity contribution in [1.82, 2.24) is 4.90 Å². The monoisotopic (exact) mass is 326 g/mol. The van der Waals surface area contributed by atoms with Gasteiger partial charge in [-0.2, -0.15) is 0 Å². The molecule has 6 heteroatoms. The molecule has 0 saturated heterocycles. The molecule has 2 amide bonds. The average Bonchev–Trinajstić information content (AvgIpc) is 2.58. The standard InChI is InChI=1S/C18H18N2O4/c1-2-3-4-5-9-19-17(21)14-8-6-7-12-10-13(20(23)24)11-15(16(12)14)18(19)22/h6-8,10-11H,2-5,9H2,1H3. The fraction of sp³-hybridized carbons (Fsp3) is 0.333. The van der Waals surface area contributed by atoms with E-state index in [0.717, 1.165) is 25.7 Å². The number of nitro groups is 1. The van der Waals surface area contributed by atoms with Gasteiger partial charge in [-0.1, -0.05) is 38.3 Å². The number of carbonyl (C=O) groups excluding carboxylic acids is 2. The largest absolute Gasteiger partial charge is 0.274 e. The molecule has 0 unspecified atom stereocenters. The third kappa shape index (κ3) is 2.64. The van der Waals surface area contributed by atoms with Crippen LogP contribution < -0.4 is 0 Å². The van der Waals surface area contributed by atoms with Crippen LogP contribution in [0.4, 0.5) is 5.69 Å². The minimum absolute atomic E-state index is 0.136. The normalized spacial score (nSPS) is 13.6. The van der Waals surface area contributed by atoms with E-state index in [1.807, 2.05) is 0 Å². The van der Waals surface area contributed by atoms with Crippen LogP contribution in [0, 0.1) is 10.1 Å². The van der Waals surface area contributed by atoms with Crippen LogP contribution in [0.2, 0.25) is 0 Å². The summed E-state index contributed by atoms with van der Waals surface area (Å²) in [5.41, 5.74) is 0.542. The Bertz CT molecular complexity index is 844. The number of rotatable bonds is 6. The second-order valence-electron chi connectivity index (χ2n) is 5.98. The molecule has 1 heterocycles. The van der Waals surface area contributed by atoms with Crippen LogP contribution in [0.25, 0.3) is 10.8 Å². The molecule has 0 saturated carbocycles. The molecular weight excluding hydrogens is 308 g/mol. The number of nitro benzene ring substituents is 1. The first-order valence-electron chi connectivity index (χ1n) is 8.12. The van der Waals surface area contributed by atoms with E-state index in [9.17, 15) is 19.7 Å². The molecule has 0 aliphatic carbocycles. The second kappa shape index (κ2) is 6.39. The first-order chi connectivity index (χ1) is 11.5. The molecule has 24 heavy (non-hydrogen) atoms. The van der Waals surface area contributed by atoms with Crippen LogP contribution in [-0.2, 0) is 0 Å². The van der Waals surface area contributed by atoms with E-state index in [4.69, 9.17) is 0 Å². The van der Waals surface area contributed by atoms with Crippen LogP contribution >= 0.6 is 0 Å². The Morgan fingerprint density at radius 3 is 2.50 bits per heavy atom. The van der Waals surface area contributed by atoms with Crippen LogP contribution in [0.1, 0.15) is 53.3 Å². The average molecular weight is 326 g/mol. The molecule has 2 aromatic carbocycles. The van der Waals surface area contributed by atoms with Crippen molar-refractivity contribution >= 4 is 28.3 Å². The quantitative estimate of drug-likeness (QED) is 0.349. The number of unbranched alkanes of at least 4 members (excludes halogenated alkanes) is 3. The molecule has 1 aliphatic rings. The Kier molecular flexibility index (Phi) is 4.29. The molecule has 6 nitrogen and oxygen atoms in total. The number of imide groups is 1. The molecule has 1 aliphatic heterocycles. The van der Waals surface area contributed by atoms with Gasteiger partial charge in [-0.25, -0.2) is 0 Å². The van der Waals surface area contributed by atoms with Gasteiger partial charge in [0.1, 0.15) is 0 Å². The third-order valence-electron chi connectivity index (χ3n) is 4.36. The predicted octanol–water partition coefficient (Wildman–Crippen LogP) is 3.92. The molecule has 0 spiro atoms. The van der Waals surface area contributed by atoms with Gasteiger partial charge in [0.2, 0.25) is 0 Å². The fourth-order valence-corrected chi connectivity index (χ4v) is 3.15. The van der Waals surface area contributed by atoms with Crippen molar-refractivity contribution in [2.45, 2.75) is 32.6 Å². The van der Waals surface area contributed by atoms with Crippen molar-refractivity contribution in [2.24, 2.45) is 0 Å². The van der Waals surface area contributed by atoms with Gasteiger partial charge in [0.25, 0.3) is 17.5 Å². The maximum absolute atomic E-state index is 12.7. The zero-order chi connectivity index (χ0) is 17.3. The topological polar surface area (TPSA) is 80.5 Å². The number of nitrogens with zero attached hydrogens (tertiary/aromatic N) is 2. The summed E-state index contributed by atoms with van der Waals surface area (Å²) >= 11 is 0. The van der Waals surface area contributed by atoms with Gasteiger partial charge in [0.15, 0.2) is 0 Å². The first kappa shape index (κ1) is 16.1. The summed E-state index contributed by atoms with van der Waals surface area (Å²) in [6, 6.07) is 7.73. The molecule has 3 rings (SSSR count). The summed E-state index contributed by atoms with van der Waals surface area (Å²) in [5.74, 6) is -0.757. The van der Waals surface area contributed by atoms with Crippen molar-refractivity contribution in [1.29, 1.82) is 0 Å². The molecule has 124 valence electrons. The lowest BCUT2D eigenvalue weighted by molar-refractivity contribution is -0.384. The number of hydrogen-bond donors (Lipinski definition) is 0. The molecule has 0 aromatic heterocycles. The Hall–Kier alpha value is -2.76. The van der Waals surface area contributed by atoms with Gasteiger partial charge in [-0.3, -0.25) is 24.6 Å². The van der Waals surface area contributed by atoms with Gasteiger partial charge in [0.05, 0.1) is 10.5 Å². The maximum atomic E-state index is 12.7. The van der Waals surface area contributed by atoms with Crippen LogP contribution in [0.15, 0.2) is 30.3 Å². The van der Waals surface area contributed by atoms with Gasteiger partial charge < -0.3 is 0 Å². The van der Waals surface area contributed by atoms with Crippen LogP contribution in [0.3, 0.4) is 0 Å². The van der Waals surface area contributed by atoms with E-state index < -0.39 is 10.8 Å². The van der Waals surface area contributed by atoms with Crippen molar-refractivity contribution in [2.75, 3.05) is 6.54 Å². The molecule has 0 radical (unpaired) electrons. The van der Waals surface area contributed by atoms with E-state index in [2.05, 4.69) is 6.92 Å². The Labute approximate surface area is 139 Å². The van der Waals surface area contributed by atoms with E-state index in [-0.39, 0.29) is 17.2 Å². The number of non-ortho nitro benzene ring substituents is 1. The van der Waals surface area contributed by atoms with E-state index in [0.29, 0.717) is 22.9 Å². The highest BCUT2D eigenvalue weighted by molar-refractivity contribution is 6.25. The van der Waals surface area contributed by atoms with E-state index in [1.165, 1.54) is 17.0 Å². The first-order valence-corrected chi connectivity index (χ1v) is 8.12. The van der Waals surface area contributed by atoms with Crippen LogP contribution in [-0.4, -0.2) is 28.2 Å². The summed E-state index contributed by atoms with van der Waals surface area (Å²) in [7, 11) is 0. The Balaban J connectivity index is 2.05. The summed E-state index contributed by atoms with van der Waals surface area (Å²) in [6.07, 6.45) is 3.80. The number of benzene rings is 2. The zero-order valence-electron chi connectivity index (χ0n) is 13.4. The van der Waals surface area contributed by atoms with Crippen molar-refractivity contribution in [3.05, 3.63) is 51.6 Å². The molecule has 0 N–H and O–H groups in total. The van der Waals surface area contributed by atoms with Crippen molar-refractivity contribution in [3.8, 4) is 0 Å². The highest BCUT2D eigenvalue weighted by Crippen LogP contribution is 2.33. The van der Waals surface area contributed by atoms with E-state index >= 15 is 0 Å². The van der Waals surface area contributed by atoms with Gasteiger partial charge in [-0.15, -0.1) is 0 Å². The minimum atomic E-state index is -0.516. The summed E-state index contributed by atoms with van der Waals surface area (Å²) < 4.78 is 0. The molecule has 0 fully saturated rings. The summed E-state index contributed by atoms with van der Waals surface area (Å²) in [6.45, 7) is 2.43. The molecule has 0 atom stereocenters. The van der Waals surface area contributed by atoms with Crippen molar-refractivity contribution in [3.63, 3.8) is 0 Å². The third-order valence-corrected chi connectivity index (χ3v) is 4.36. The number of amides is 2. The lowest BCUT2D eigenvalue weighted by Crippen LogP contribution is -2.40. The number of carbonyl (C=O) groups is 2. The molecular formula is C18H18N2O4. The van der Waals surface area contributed by atoms with E-state index in [1.54, 1.807) is 18.2 Å². The summed E-state index contributed by atoms with van der Waals surface area (Å²) in [4.78, 5) is 37.2. The smallest absolute Gasteiger partial charge is 0.270 e. The zero-order valence-corrected chi connectivity index (χ0v) is 13.4. The minimum Gasteiger partial charge on any atom is -0.274 e. The highest BCUT2D eigenvalue weighted by Gasteiger charge is 2.33. The fourth-order valence-electron chi connectivity index (χ4n) is 3.15. The lowest BCUT2D eigenvalue weighted by Gasteiger charge is -2.27. The number of hydrogen-bond acceptors (Lipinski definition) is 4. The molecule has 0 bridgehead atoms.